The number of amidine groups is 1. The van der Waals surface area contributed by atoms with Gasteiger partial charge in [-0.05, 0) is 12.1 Å². The number of hydrogen-bond donors (Lipinski definition) is 3. The zero-order valence-electron chi connectivity index (χ0n) is 9.06. The van der Waals surface area contributed by atoms with Crippen molar-refractivity contribution in [2.45, 2.75) is 5.54 Å². The number of benzene rings is 1. The molecule has 0 aromatic heterocycles. The molecular formula is C11H13ClN2O2S. The van der Waals surface area contributed by atoms with Gasteiger partial charge >= 0.3 is 0 Å². The molecule has 1 heterocycles. The Balaban J connectivity index is 2.14. The molecule has 0 spiro atoms. The minimum atomic E-state index is -0.770. The van der Waals surface area contributed by atoms with Gasteiger partial charge in [-0.25, -0.2) is 4.99 Å². The lowest BCUT2D eigenvalue weighted by atomic mass is 10.1. The van der Waals surface area contributed by atoms with Crippen molar-refractivity contribution in [3.63, 3.8) is 0 Å². The van der Waals surface area contributed by atoms with Gasteiger partial charge in [-0.3, -0.25) is 0 Å². The summed E-state index contributed by atoms with van der Waals surface area (Å²) in [4.78, 5) is 4.30. The molecule has 0 atom stereocenters. The third-order valence-electron chi connectivity index (χ3n) is 2.52. The molecule has 0 amide bonds. The van der Waals surface area contributed by atoms with Crippen LogP contribution in [-0.4, -0.2) is 39.9 Å². The summed E-state index contributed by atoms with van der Waals surface area (Å²) in [6, 6.07) is 7.36. The Hall–Kier alpha value is -0.750. The van der Waals surface area contributed by atoms with Crippen molar-refractivity contribution in [1.82, 2.24) is 0 Å². The lowest BCUT2D eigenvalue weighted by Crippen LogP contribution is -2.36. The molecular weight excluding hydrogens is 260 g/mol. The molecule has 1 aromatic carbocycles. The van der Waals surface area contributed by atoms with Crippen LogP contribution in [0.25, 0.3) is 0 Å². The van der Waals surface area contributed by atoms with Crippen LogP contribution in [0, 0.1) is 0 Å². The molecule has 0 fully saturated rings. The summed E-state index contributed by atoms with van der Waals surface area (Å²) in [7, 11) is 0. The molecule has 92 valence electrons. The van der Waals surface area contributed by atoms with Crippen LogP contribution < -0.4 is 5.32 Å². The molecule has 0 saturated heterocycles. The van der Waals surface area contributed by atoms with Gasteiger partial charge in [0, 0.05) is 5.75 Å². The maximum Gasteiger partial charge on any atom is 0.161 e. The molecule has 0 saturated carbocycles. The summed E-state index contributed by atoms with van der Waals surface area (Å²) in [5, 5.41) is 22.8. The number of hydrogen-bond acceptors (Lipinski definition) is 5. The summed E-state index contributed by atoms with van der Waals surface area (Å²) in [5.41, 5.74) is 0.000873. The van der Waals surface area contributed by atoms with Gasteiger partial charge in [-0.2, -0.15) is 0 Å². The molecule has 17 heavy (non-hydrogen) atoms. The van der Waals surface area contributed by atoms with Crippen molar-refractivity contribution in [3.8, 4) is 0 Å². The molecule has 0 aliphatic carbocycles. The summed E-state index contributed by atoms with van der Waals surface area (Å²) in [5.74, 6) is 0.562. The van der Waals surface area contributed by atoms with Crippen molar-refractivity contribution in [3.05, 3.63) is 29.3 Å². The van der Waals surface area contributed by atoms with Crippen molar-refractivity contribution in [1.29, 1.82) is 0 Å². The second-order valence-corrected chi connectivity index (χ2v) is 5.22. The molecule has 6 heteroatoms. The average molecular weight is 273 g/mol. The Morgan fingerprint density at radius 1 is 1.35 bits per heavy atom. The number of halogens is 1. The fraction of sp³-hybridized carbons (Fsp3) is 0.364. The molecule has 1 aliphatic heterocycles. The van der Waals surface area contributed by atoms with E-state index in [9.17, 15) is 10.2 Å². The molecule has 0 radical (unpaired) electrons. The monoisotopic (exact) mass is 272 g/mol. The van der Waals surface area contributed by atoms with Crippen LogP contribution in [0.15, 0.2) is 29.3 Å². The lowest BCUT2D eigenvalue weighted by molar-refractivity contribution is 0.140. The topological polar surface area (TPSA) is 64.8 Å². The molecule has 4 nitrogen and oxygen atoms in total. The molecule has 0 bridgehead atoms. The van der Waals surface area contributed by atoms with E-state index in [0.29, 0.717) is 15.9 Å². The van der Waals surface area contributed by atoms with Gasteiger partial charge in [0.25, 0.3) is 0 Å². The quantitative estimate of drug-likeness (QED) is 0.782. The summed E-state index contributed by atoms with van der Waals surface area (Å²) in [6.45, 7) is -0.325. The van der Waals surface area contributed by atoms with Crippen LogP contribution in [-0.2, 0) is 0 Å². The smallest absolute Gasteiger partial charge is 0.161 e. The maximum atomic E-state index is 9.22. The number of aliphatic hydroxyl groups is 2. The highest BCUT2D eigenvalue weighted by Crippen LogP contribution is 2.29. The van der Waals surface area contributed by atoms with E-state index in [0.717, 1.165) is 5.69 Å². The van der Waals surface area contributed by atoms with Gasteiger partial charge in [-0.1, -0.05) is 35.5 Å². The first-order chi connectivity index (χ1) is 8.19. The number of para-hydroxylation sites is 1. The summed E-state index contributed by atoms with van der Waals surface area (Å²) < 4.78 is 0. The molecule has 2 rings (SSSR count). The zero-order chi connectivity index (χ0) is 12.3. The Labute approximate surface area is 109 Å². The van der Waals surface area contributed by atoms with Crippen LogP contribution in [0.5, 0.6) is 0 Å². The van der Waals surface area contributed by atoms with E-state index in [1.54, 1.807) is 6.07 Å². The van der Waals surface area contributed by atoms with Crippen molar-refractivity contribution in [2.75, 3.05) is 24.3 Å². The van der Waals surface area contributed by atoms with Crippen molar-refractivity contribution >= 4 is 34.2 Å². The maximum absolute atomic E-state index is 9.22. The number of aliphatic imine (C=N–C) groups is 1. The first-order valence-electron chi connectivity index (χ1n) is 5.15. The van der Waals surface area contributed by atoms with Gasteiger partial charge < -0.3 is 15.5 Å². The summed E-state index contributed by atoms with van der Waals surface area (Å²) in [6.07, 6.45) is 0. The Morgan fingerprint density at radius 2 is 2.06 bits per heavy atom. The fourth-order valence-electron chi connectivity index (χ4n) is 1.44. The van der Waals surface area contributed by atoms with Crippen LogP contribution in [0.1, 0.15) is 0 Å². The molecule has 1 aromatic rings. The Bertz CT molecular complexity index is 435. The minimum Gasteiger partial charge on any atom is -0.394 e. The second-order valence-electron chi connectivity index (χ2n) is 3.85. The minimum absolute atomic E-state index is 0.162. The van der Waals surface area contributed by atoms with E-state index in [1.165, 1.54) is 11.8 Å². The Morgan fingerprint density at radius 3 is 2.65 bits per heavy atom. The number of nitrogens with one attached hydrogen (secondary N) is 1. The van der Waals surface area contributed by atoms with Crippen LogP contribution in [0.2, 0.25) is 5.02 Å². The second kappa shape index (κ2) is 5.27. The number of anilines is 1. The van der Waals surface area contributed by atoms with Gasteiger partial charge in [0.1, 0.15) is 5.54 Å². The highest BCUT2D eigenvalue weighted by molar-refractivity contribution is 8.14. The van der Waals surface area contributed by atoms with Crippen LogP contribution in [0.3, 0.4) is 0 Å². The highest BCUT2D eigenvalue weighted by Gasteiger charge is 2.34. The standard InChI is InChI=1S/C11H13ClN2O2S/c12-8-3-1-2-4-9(8)13-10-14-11(5-15,6-16)7-17-10/h1-4,15-16H,5-7H2,(H,13,14). The van der Waals surface area contributed by atoms with E-state index in [1.807, 2.05) is 18.2 Å². The normalized spacial score (nSPS) is 17.9. The molecule has 0 unspecified atom stereocenters. The van der Waals surface area contributed by atoms with E-state index < -0.39 is 5.54 Å². The largest absolute Gasteiger partial charge is 0.394 e. The predicted octanol–water partition coefficient (Wildman–Crippen LogP) is 1.58. The van der Waals surface area contributed by atoms with Gasteiger partial charge in [0.2, 0.25) is 0 Å². The Kier molecular flexibility index (Phi) is 3.93. The van der Waals surface area contributed by atoms with Crippen molar-refractivity contribution < 1.29 is 10.2 Å². The lowest BCUT2D eigenvalue weighted by Gasteiger charge is -2.18. The van der Waals surface area contributed by atoms with Gasteiger partial charge in [-0.15, -0.1) is 0 Å². The first-order valence-corrected chi connectivity index (χ1v) is 6.51. The first kappa shape index (κ1) is 12.7. The number of aliphatic hydroxyl groups excluding tert-OH is 2. The van der Waals surface area contributed by atoms with Crippen LogP contribution >= 0.6 is 23.4 Å². The van der Waals surface area contributed by atoms with Gasteiger partial charge in [0.05, 0.1) is 23.9 Å². The third kappa shape index (κ3) is 2.74. The van der Waals surface area contributed by atoms with Gasteiger partial charge in [0.15, 0.2) is 5.17 Å². The zero-order valence-corrected chi connectivity index (χ0v) is 10.6. The SMILES string of the molecule is OCC1(CO)CSC(Nc2ccccc2Cl)=N1. The van der Waals surface area contributed by atoms with E-state index in [4.69, 9.17) is 11.6 Å². The van der Waals surface area contributed by atoms with Crippen LogP contribution in [0.4, 0.5) is 5.69 Å². The highest BCUT2D eigenvalue weighted by atomic mass is 35.5. The molecule has 3 N–H and O–H groups in total. The third-order valence-corrected chi connectivity index (χ3v) is 4.00. The van der Waals surface area contributed by atoms with E-state index >= 15 is 0 Å². The number of nitrogens with zero attached hydrogens (tertiary/aromatic N) is 1. The summed E-state index contributed by atoms with van der Waals surface area (Å²) >= 11 is 7.48. The van der Waals surface area contributed by atoms with E-state index in [-0.39, 0.29) is 13.2 Å². The molecule has 1 aliphatic rings. The number of thioether (sulfide) groups is 1. The van der Waals surface area contributed by atoms with Crippen molar-refractivity contribution in [2.24, 2.45) is 4.99 Å². The number of rotatable bonds is 3. The predicted molar refractivity (Wildman–Crippen MR) is 71.9 cm³/mol. The fourth-order valence-corrected chi connectivity index (χ4v) is 2.71. The average Bonchev–Trinajstić information content (AvgIpc) is 2.76. The van der Waals surface area contributed by atoms with E-state index in [2.05, 4.69) is 10.3 Å².